The Morgan fingerprint density at radius 3 is 2.64 bits per heavy atom. The molecule has 0 bridgehead atoms. The number of halogens is 1. The molecule has 28 heavy (non-hydrogen) atoms. The fraction of sp³-hybridized carbons (Fsp3) is 0.250. The summed E-state index contributed by atoms with van der Waals surface area (Å²) in [6.45, 7) is 6.09. The van der Waals surface area contributed by atoms with E-state index in [1.807, 2.05) is 55.5 Å². The highest BCUT2D eigenvalue weighted by Gasteiger charge is 2.11. The number of nitrogens with one attached hydrogen (secondary N) is 2. The molecule has 0 spiro atoms. The Hall–Kier alpha value is -2.62. The zero-order chi connectivity index (χ0) is 20.7. The number of amides is 2. The standard InChI is InChI=1S/C20H22IN3O4/c1-4-28-17-9-14(8-15(21)20(17)27)11-22-24-19(26)10-18(25)23-16-6-5-12(2)7-13(16)3/h5-9,11,27H,4,10H2,1-3H3,(H,23,25)(H,24,26). The molecule has 3 N–H and O–H groups in total. The van der Waals surface area contributed by atoms with E-state index in [1.54, 1.807) is 18.2 Å². The zero-order valence-corrected chi connectivity index (χ0v) is 18.0. The quantitative estimate of drug-likeness (QED) is 0.237. The third-order valence-electron chi connectivity index (χ3n) is 3.73. The van der Waals surface area contributed by atoms with Crippen LogP contribution in [0.1, 0.15) is 30.0 Å². The molecule has 148 valence electrons. The van der Waals surface area contributed by atoms with Crippen molar-refractivity contribution in [2.45, 2.75) is 27.2 Å². The summed E-state index contributed by atoms with van der Waals surface area (Å²) < 4.78 is 5.96. The van der Waals surface area contributed by atoms with Gasteiger partial charge in [-0.3, -0.25) is 9.59 Å². The van der Waals surface area contributed by atoms with Crippen molar-refractivity contribution in [2.24, 2.45) is 5.10 Å². The summed E-state index contributed by atoms with van der Waals surface area (Å²) in [7, 11) is 0. The van der Waals surface area contributed by atoms with Crippen LogP contribution < -0.4 is 15.5 Å². The van der Waals surface area contributed by atoms with Crippen molar-refractivity contribution in [1.82, 2.24) is 5.43 Å². The molecule has 2 aromatic rings. The molecule has 0 fully saturated rings. The molecule has 0 aliphatic rings. The molecule has 0 atom stereocenters. The lowest BCUT2D eigenvalue weighted by Crippen LogP contribution is -2.24. The van der Waals surface area contributed by atoms with Crippen molar-refractivity contribution in [1.29, 1.82) is 0 Å². The molecular weight excluding hydrogens is 473 g/mol. The SMILES string of the molecule is CCOc1cc(C=NNC(=O)CC(=O)Nc2ccc(C)cc2C)cc(I)c1O. The van der Waals surface area contributed by atoms with Crippen LogP contribution in [0, 0.1) is 17.4 Å². The lowest BCUT2D eigenvalue weighted by atomic mass is 10.1. The summed E-state index contributed by atoms with van der Waals surface area (Å²) in [5.74, 6) is -0.545. The number of aryl methyl sites for hydroxylation is 2. The van der Waals surface area contributed by atoms with Crippen molar-refractivity contribution >= 4 is 46.3 Å². The van der Waals surface area contributed by atoms with Crippen molar-refractivity contribution in [2.75, 3.05) is 11.9 Å². The summed E-state index contributed by atoms with van der Waals surface area (Å²) in [4.78, 5) is 23.9. The number of nitrogens with zero attached hydrogens (tertiary/aromatic N) is 1. The maximum atomic E-state index is 12.0. The van der Waals surface area contributed by atoms with E-state index in [2.05, 4.69) is 15.8 Å². The fourth-order valence-corrected chi connectivity index (χ4v) is 3.07. The van der Waals surface area contributed by atoms with E-state index in [0.717, 1.165) is 11.1 Å². The van der Waals surface area contributed by atoms with Crippen LogP contribution in [0.3, 0.4) is 0 Å². The first kappa shape index (κ1) is 21.7. The van der Waals surface area contributed by atoms with E-state index in [-0.39, 0.29) is 12.2 Å². The number of rotatable bonds is 7. The molecule has 2 rings (SSSR count). The molecule has 0 saturated carbocycles. The molecule has 0 aromatic heterocycles. The number of anilines is 1. The van der Waals surface area contributed by atoms with Crippen LogP contribution in [0.25, 0.3) is 0 Å². The number of hydrogen-bond acceptors (Lipinski definition) is 5. The summed E-state index contributed by atoms with van der Waals surface area (Å²) in [5.41, 5.74) is 5.67. The van der Waals surface area contributed by atoms with Crippen LogP contribution >= 0.6 is 22.6 Å². The summed E-state index contributed by atoms with van der Waals surface area (Å²) in [5, 5.41) is 16.5. The molecular formula is C20H22IN3O4. The number of hydrogen-bond donors (Lipinski definition) is 3. The maximum Gasteiger partial charge on any atom is 0.249 e. The number of phenols is 1. The van der Waals surface area contributed by atoms with E-state index in [1.165, 1.54) is 6.21 Å². The third-order valence-corrected chi connectivity index (χ3v) is 4.55. The molecule has 2 aromatic carbocycles. The molecule has 0 saturated heterocycles. The van der Waals surface area contributed by atoms with Gasteiger partial charge >= 0.3 is 0 Å². The normalized spacial score (nSPS) is 10.7. The lowest BCUT2D eigenvalue weighted by molar-refractivity contribution is -0.126. The number of carbonyl (C=O) groups is 2. The number of benzene rings is 2. The first-order valence-electron chi connectivity index (χ1n) is 8.64. The van der Waals surface area contributed by atoms with Gasteiger partial charge in [0.25, 0.3) is 0 Å². The Balaban J connectivity index is 1.92. The molecule has 0 unspecified atom stereocenters. The van der Waals surface area contributed by atoms with Crippen LogP contribution in [0.15, 0.2) is 35.4 Å². The second-order valence-corrected chi connectivity index (χ2v) is 7.28. The monoisotopic (exact) mass is 495 g/mol. The number of ether oxygens (including phenoxy) is 1. The fourth-order valence-electron chi connectivity index (χ4n) is 2.45. The predicted octanol–water partition coefficient (Wildman–Crippen LogP) is 3.49. The second kappa shape index (κ2) is 10.1. The minimum absolute atomic E-state index is 0.0618. The number of hydrazone groups is 1. The molecule has 0 heterocycles. The van der Waals surface area contributed by atoms with Gasteiger partial charge in [-0.2, -0.15) is 5.10 Å². The van der Waals surface area contributed by atoms with Crippen LogP contribution in [-0.4, -0.2) is 29.7 Å². The van der Waals surface area contributed by atoms with E-state index < -0.39 is 11.8 Å². The van der Waals surface area contributed by atoms with E-state index in [9.17, 15) is 14.7 Å². The van der Waals surface area contributed by atoms with Crippen LogP contribution in [0.4, 0.5) is 5.69 Å². The van der Waals surface area contributed by atoms with Crippen molar-refractivity contribution in [3.05, 3.63) is 50.6 Å². The van der Waals surface area contributed by atoms with Gasteiger partial charge in [-0.15, -0.1) is 0 Å². The zero-order valence-electron chi connectivity index (χ0n) is 15.9. The Kier molecular flexibility index (Phi) is 7.80. The van der Waals surface area contributed by atoms with Gasteiger partial charge < -0.3 is 15.2 Å². The molecule has 0 aliphatic carbocycles. The summed E-state index contributed by atoms with van der Waals surface area (Å²) >= 11 is 1.98. The highest BCUT2D eigenvalue weighted by Crippen LogP contribution is 2.32. The largest absolute Gasteiger partial charge is 0.504 e. The van der Waals surface area contributed by atoms with Gasteiger partial charge in [-0.1, -0.05) is 17.7 Å². The van der Waals surface area contributed by atoms with Gasteiger partial charge in [0.2, 0.25) is 11.8 Å². The van der Waals surface area contributed by atoms with Crippen LogP contribution in [0.2, 0.25) is 0 Å². The molecule has 7 nitrogen and oxygen atoms in total. The van der Waals surface area contributed by atoms with Crippen molar-refractivity contribution in [3.8, 4) is 11.5 Å². The first-order chi connectivity index (χ1) is 13.3. The van der Waals surface area contributed by atoms with Gasteiger partial charge in [-0.05, 0) is 72.7 Å². The number of phenolic OH excluding ortho intramolecular Hbond substituents is 1. The van der Waals surface area contributed by atoms with Gasteiger partial charge in [0.1, 0.15) is 6.42 Å². The average Bonchev–Trinajstić information content (AvgIpc) is 2.61. The highest BCUT2D eigenvalue weighted by atomic mass is 127. The van der Waals surface area contributed by atoms with Gasteiger partial charge in [0.15, 0.2) is 11.5 Å². The predicted molar refractivity (Wildman–Crippen MR) is 117 cm³/mol. The van der Waals surface area contributed by atoms with Crippen LogP contribution in [-0.2, 0) is 9.59 Å². The third kappa shape index (κ3) is 6.22. The van der Waals surface area contributed by atoms with Gasteiger partial charge in [-0.25, -0.2) is 5.43 Å². The number of carbonyl (C=O) groups excluding carboxylic acids is 2. The Labute approximate surface area is 177 Å². The lowest BCUT2D eigenvalue weighted by Gasteiger charge is -2.09. The van der Waals surface area contributed by atoms with E-state index >= 15 is 0 Å². The topological polar surface area (TPSA) is 100 Å². The number of aromatic hydroxyl groups is 1. The minimum atomic E-state index is -0.531. The molecule has 8 heteroatoms. The summed E-state index contributed by atoms with van der Waals surface area (Å²) in [6, 6.07) is 8.96. The highest BCUT2D eigenvalue weighted by molar-refractivity contribution is 14.1. The second-order valence-electron chi connectivity index (χ2n) is 6.12. The Bertz CT molecular complexity index is 913. The summed E-state index contributed by atoms with van der Waals surface area (Å²) in [6.07, 6.45) is 1.08. The van der Waals surface area contributed by atoms with Crippen LogP contribution in [0.5, 0.6) is 11.5 Å². The Morgan fingerprint density at radius 1 is 1.21 bits per heavy atom. The average molecular weight is 495 g/mol. The first-order valence-corrected chi connectivity index (χ1v) is 9.72. The van der Waals surface area contributed by atoms with E-state index in [4.69, 9.17) is 4.74 Å². The minimum Gasteiger partial charge on any atom is -0.504 e. The molecule has 0 radical (unpaired) electrons. The molecule has 2 amide bonds. The van der Waals surface area contributed by atoms with Crippen molar-refractivity contribution in [3.63, 3.8) is 0 Å². The van der Waals surface area contributed by atoms with Gasteiger partial charge in [0.05, 0.1) is 16.4 Å². The maximum absolute atomic E-state index is 12.0. The van der Waals surface area contributed by atoms with Crippen molar-refractivity contribution < 1.29 is 19.4 Å². The smallest absolute Gasteiger partial charge is 0.249 e. The van der Waals surface area contributed by atoms with Gasteiger partial charge in [0, 0.05) is 5.69 Å². The molecule has 0 aliphatic heterocycles. The Morgan fingerprint density at radius 2 is 1.96 bits per heavy atom. The van der Waals surface area contributed by atoms with E-state index in [0.29, 0.717) is 27.2 Å².